The summed E-state index contributed by atoms with van der Waals surface area (Å²) in [5.41, 5.74) is 2.53. The molecule has 2 N–H and O–H groups in total. The Kier molecular flexibility index (Phi) is 4.69. The smallest absolute Gasteiger partial charge is 0.340 e. The average molecular weight is 363 g/mol. The number of carboxylic acids is 1. The maximum atomic E-state index is 12.9. The van der Waals surface area contributed by atoms with E-state index in [-0.39, 0.29) is 17.7 Å². The van der Waals surface area contributed by atoms with E-state index in [9.17, 15) is 19.5 Å². The van der Waals surface area contributed by atoms with Crippen LogP contribution in [0.15, 0.2) is 22.6 Å². The molecule has 0 spiro atoms. The molecule has 1 heterocycles. The zero-order valence-electron chi connectivity index (χ0n) is 14.4. The van der Waals surface area contributed by atoms with Gasteiger partial charge >= 0.3 is 11.9 Å². The number of amides is 1. The first-order valence-corrected chi connectivity index (χ1v) is 9.11. The van der Waals surface area contributed by atoms with Gasteiger partial charge < -0.3 is 15.2 Å². The van der Waals surface area contributed by atoms with E-state index in [2.05, 4.69) is 5.32 Å². The van der Waals surface area contributed by atoms with Crippen LogP contribution in [0.4, 0.5) is 5.00 Å². The monoisotopic (exact) mass is 363 g/mol. The van der Waals surface area contributed by atoms with Crippen LogP contribution in [0.2, 0.25) is 0 Å². The van der Waals surface area contributed by atoms with Crippen LogP contribution < -0.4 is 5.32 Å². The zero-order chi connectivity index (χ0) is 18.3. The molecule has 2 fully saturated rings. The van der Waals surface area contributed by atoms with Gasteiger partial charge in [-0.1, -0.05) is 11.1 Å². The molecule has 2 aliphatic carbocycles. The van der Waals surface area contributed by atoms with Crippen molar-refractivity contribution in [2.24, 2.45) is 23.7 Å². The maximum absolute atomic E-state index is 12.9. The van der Waals surface area contributed by atoms with Crippen molar-refractivity contribution in [3.05, 3.63) is 28.2 Å². The van der Waals surface area contributed by atoms with Crippen LogP contribution in [-0.4, -0.2) is 30.1 Å². The van der Waals surface area contributed by atoms with Crippen LogP contribution in [0.1, 0.15) is 37.0 Å². The van der Waals surface area contributed by atoms with Gasteiger partial charge in [-0.15, -0.1) is 11.3 Å². The number of methoxy groups -OCH3 is 1. The van der Waals surface area contributed by atoms with Gasteiger partial charge in [-0.3, -0.25) is 9.59 Å². The Bertz CT molecular complexity index is 761. The highest BCUT2D eigenvalue weighted by molar-refractivity contribution is 7.14. The lowest BCUT2D eigenvalue weighted by Crippen LogP contribution is -2.37. The van der Waals surface area contributed by atoms with Crippen molar-refractivity contribution in [3.63, 3.8) is 0 Å². The van der Waals surface area contributed by atoms with E-state index < -0.39 is 23.8 Å². The highest BCUT2D eigenvalue weighted by Gasteiger charge is 2.57. The molecule has 1 amide bonds. The van der Waals surface area contributed by atoms with Crippen molar-refractivity contribution in [1.82, 2.24) is 0 Å². The van der Waals surface area contributed by atoms with Crippen molar-refractivity contribution in [1.29, 1.82) is 0 Å². The molecule has 2 saturated carbocycles. The predicted octanol–water partition coefficient (Wildman–Crippen LogP) is 3.17. The summed E-state index contributed by atoms with van der Waals surface area (Å²) in [7, 11) is 1.28. The Morgan fingerprint density at radius 1 is 1.20 bits per heavy atom. The van der Waals surface area contributed by atoms with Gasteiger partial charge in [-0.05, 0) is 50.0 Å². The molecule has 2 bridgehead atoms. The second-order valence-electron chi connectivity index (χ2n) is 6.78. The molecule has 1 aromatic heterocycles. The third-order valence-corrected chi connectivity index (χ3v) is 6.14. The minimum absolute atomic E-state index is 0.0300. The molecular formula is C18H21NO5S. The van der Waals surface area contributed by atoms with E-state index in [0.29, 0.717) is 10.6 Å². The third kappa shape index (κ3) is 2.86. The number of anilines is 1. The molecule has 0 aliphatic heterocycles. The first kappa shape index (κ1) is 17.7. The number of esters is 1. The number of ether oxygens (including phenoxy) is 1. The molecule has 134 valence electrons. The number of carboxylic acid groups (broad SMARTS) is 1. The first-order valence-electron chi connectivity index (χ1n) is 8.23. The summed E-state index contributed by atoms with van der Waals surface area (Å²) in [6, 6.07) is 1.59. The minimum atomic E-state index is -0.925. The lowest BCUT2D eigenvalue weighted by atomic mass is 9.79. The number of rotatable bonds is 4. The molecule has 4 atom stereocenters. The Hall–Kier alpha value is -2.15. The Balaban J connectivity index is 1.89. The number of carbonyl (C=O) groups excluding carboxylic acids is 2. The van der Waals surface area contributed by atoms with Gasteiger partial charge in [0.25, 0.3) is 0 Å². The van der Waals surface area contributed by atoms with Crippen LogP contribution in [0.3, 0.4) is 0 Å². The van der Waals surface area contributed by atoms with Gasteiger partial charge in [0.15, 0.2) is 0 Å². The Labute approximate surface area is 149 Å². The van der Waals surface area contributed by atoms with Gasteiger partial charge in [-0.2, -0.15) is 0 Å². The summed E-state index contributed by atoms with van der Waals surface area (Å²) >= 11 is 1.22. The van der Waals surface area contributed by atoms with E-state index in [0.717, 1.165) is 24.0 Å². The summed E-state index contributed by atoms with van der Waals surface area (Å²) in [4.78, 5) is 36.5. The second kappa shape index (κ2) is 6.63. The lowest BCUT2D eigenvalue weighted by Gasteiger charge is -2.26. The van der Waals surface area contributed by atoms with Crippen LogP contribution in [-0.2, 0) is 14.3 Å². The van der Waals surface area contributed by atoms with Crippen molar-refractivity contribution in [3.8, 4) is 0 Å². The van der Waals surface area contributed by atoms with E-state index in [1.54, 1.807) is 11.4 Å². The molecule has 1 aromatic rings. The van der Waals surface area contributed by atoms with E-state index in [1.165, 1.54) is 18.4 Å². The fourth-order valence-corrected chi connectivity index (χ4v) is 5.25. The fraction of sp³-hybridized carbons (Fsp3) is 0.500. The van der Waals surface area contributed by atoms with Crippen LogP contribution in [0, 0.1) is 23.7 Å². The molecule has 2 aliphatic rings. The van der Waals surface area contributed by atoms with Crippen molar-refractivity contribution in [2.45, 2.75) is 26.7 Å². The van der Waals surface area contributed by atoms with E-state index in [1.807, 2.05) is 13.8 Å². The summed E-state index contributed by atoms with van der Waals surface area (Å²) in [6.45, 7) is 3.96. The lowest BCUT2D eigenvalue weighted by molar-refractivity contribution is -0.148. The highest BCUT2D eigenvalue weighted by Crippen LogP contribution is 2.57. The molecule has 7 heteroatoms. The number of fused-ring (bicyclic) bond motifs is 2. The number of allylic oxidation sites excluding steroid dienone is 2. The topological polar surface area (TPSA) is 92.7 Å². The molecule has 6 nitrogen and oxygen atoms in total. The molecule has 0 aromatic carbocycles. The largest absolute Gasteiger partial charge is 0.481 e. The molecule has 0 radical (unpaired) electrons. The van der Waals surface area contributed by atoms with Crippen LogP contribution >= 0.6 is 11.3 Å². The Morgan fingerprint density at radius 3 is 2.40 bits per heavy atom. The van der Waals surface area contributed by atoms with Gasteiger partial charge in [0, 0.05) is 0 Å². The number of nitrogens with one attached hydrogen (secondary N) is 1. The van der Waals surface area contributed by atoms with E-state index >= 15 is 0 Å². The van der Waals surface area contributed by atoms with Crippen molar-refractivity contribution < 1.29 is 24.2 Å². The summed E-state index contributed by atoms with van der Waals surface area (Å²) in [6.07, 6.45) is 1.65. The molecular weight excluding hydrogens is 342 g/mol. The van der Waals surface area contributed by atoms with Gasteiger partial charge in [0.1, 0.15) is 5.00 Å². The van der Waals surface area contributed by atoms with E-state index in [4.69, 9.17) is 4.74 Å². The quantitative estimate of drug-likeness (QED) is 0.633. The predicted molar refractivity (Wildman–Crippen MR) is 93.5 cm³/mol. The van der Waals surface area contributed by atoms with Crippen LogP contribution in [0.25, 0.3) is 0 Å². The van der Waals surface area contributed by atoms with Crippen LogP contribution in [0.5, 0.6) is 0 Å². The number of thiophene rings is 1. The van der Waals surface area contributed by atoms with Gasteiger partial charge in [0.2, 0.25) is 5.91 Å². The molecule has 0 saturated heterocycles. The SMILES string of the molecule is COC(=O)c1ccsc1NC(=O)[C@@H]1[C@@H](C(=O)O)[C@H]2CC[C@H]1C2=C(C)C. The summed E-state index contributed by atoms with van der Waals surface area (Å²) < 4.78 is 4.71. The zero-order valence-corrected chi connectivity index (χ0v) is 15.2. The number of hydrogen-bond acceptors (Lipinski definition) is 5. The van der Waals surface area contributed by atoms with Gasteiger partial charge in [-0.25, -0.2) is 4.79 Å². The molecule has 0 unspecified atom stereocenters. The minimum Gasteiger partial charge on any atom is -0.481 e. The summed E-state index contributed by atoms with van der Waals surface area (Å²) in [5, 5.41) is 14.6. The Morgan fingerprint density at radius 2 is 1.84 bits per heavy atom. The third-order valence-electron chi connectivity index (χ3n) is 5.31. The van der Waals surface area contributed by atoms with Gasteiger partial charge in [0.05, 0.1) is 24.5 Å². The number of aliphatic carboxylic acids is 1. The average Bonchev–Trinajstić information content (AvgIpc) is 3.26. The standard InChI is InChI=1S/C18H21NO5S/c1-8(2)12-9-4-5-10(12)14(17(21)22)13(9)15(20)19-16-11(6-7-25-16)18(23)24-3/h6-7,9-10,13-14H,4-5H2,1-3H3,(H,19,20)(H,21,22)/t9-,10-,13-,14-/m0/s1. The van der Waals surface area contributed by atoms with Crippen molar-refractivity contribution >= 4 is 34.2 Å². The molecule has 25 heavy (non-hydrogen) atoms. The summed E-state index contributed by atoms with van der Waals surface area (Å²) in [5.74, 6) is -3.18. The number of hydrogen-bond donors (Lipinski definition) is 2. The number of carbonyl (C=O) groups is 3. The normalized spacial score (nSPS) is 27.2. The van der Waals surface area contributed by atoms with Crippen molar-refractivity contribution in [2.75, 3.05) is 12.4 Å². The molecule has 3 rings (SSSR count). The highest BCUT2D eigenvalue weighted by atomic mass is 32.1. The fourth-order valence-electron chi connectivity index (χ4n) is 4.48. The second-order valence-corrected chi connectivity index (χ2v) is 7.70. The maximum Gasteiger partial charge on any atom is 0.340 e. The first-order chi connectivity index (χ1) is 11.9.